The monoisotopic (exact) mass is 345 g/mol. The summed E-state index contributed by atoms with van der Waals surface area (Å²) in [7, 11) is 0. The predicted molar refractivity (Wildman–Crippen MR) is 92.7 cm³/mol. The molecule has 4 nitrogen and oxygen atoms in total. The zero-order valence-corrected chi connectivity index (χ0v) is 13.8. The number of halogens is 2. The number of nitrogens with one attached hydrogen (secondary N) is 1. The normalized spacial score (nSPS) is 10.6. The van der Waals surface area contributed by atoms with Crippen molar-refractivity contribution in [2.24, 2.45) is 0 Å². The Labute approximate surface area is 143 Å². The zero-order chi connectivity index (χ0) is 16.4. The van der Waals surface area contributed by atoms with Gasteiger partial charge in [0.15, 0.2) is 0 Å². The molecule has 0 atom stereocenters. The minimum absolute atomic E-state index is 0.293. The fourth-order valence-corrected chi connectivity index (χ4v) is 2.63. The van der Waals surface area contributed by atoms with Crippen LogP contribution >= 0.6 is 23.2 Å². The summed E-state index contributed by atoms with van der Waals surface area (Å²) in [6.45, 7) is 1.85. The Morgan fingerprint density at radius 2 is 1.87 bits per heavy atom. The second kappa shape index (κ2) is 6.44. The number of hydrogen-bond donors (Lipinski definition) is 1. The molecule has 1 heterocycles. The van der Waals surface area contributed by atoms with Crippen LogP contribution in [-0.4, -0.2) is 15.7 Å². The van der Waals surface area contributed by atoms with Gasteiger partial charge in [0, 0.05) is 11.1 Å². The molecule has 0 saturated carbocycles. The molecule has 0 aliphatic heterocycles. The summed E-state index contributed by atoms with van der Waals surface area (Å²) in [6.07, 6.45) is 0. The van der Waals surface area contributed by atoms with Crippen LogP contribution in [0.3, 0.4) is 0 Å². The lowest BCUT2D eigenvalue weighted by Gasteiger charge is -2.10. The van der Waals surface area contributed by atoms with Crippen molar-refractivity contribution in [1.82, 2.24) is 9.78 Å². The Bertz CT molecular complexity index is 874. The van der Waals surface area contributed by atoms with E-state index in [4.69, 9.17) is 23.2 Å². The van der Waals surface area contributed by atoms with Crippen LogP contribution in [0.2, 0.25) is 10.0 Å². The van der Waals surface area contributed by atoms with E-state index < -0.39 is 0 Å². The summed E-state index contributed by atoms with van der Waals surface area (Å²) >= 11 is 12.1. The maximum absolute atomic E-state index is 12.4. The minimum atomic E-state index is -0.293. The highest BCUT2D eigenvalue weighted by atomic mass is 35.5. The van der Waals surface area contributed by atoms with Gasteiger partial charge in [-0.15, -0.1) is 0 Å². The topological polar surface area (TPSA) is 46.9 Å². The largest absolute Gasteiger partial charge is 0.306 e. The van der Waals surface area contributed by atoms with Crippen LogP contribution in [0.15, 0.2) is 54.6 Å². The first kappa shape index (κ1) is 15.6. The van der Waals surface area contributed by atoms with E-state index in [0.29, 0.717) is 21.4 Å². The molecule has 0 saturated heterocycles. The maximum Gasteiger partial charge on any atom is 0.258 e. The first-order chi connectivity index (χ1) is 11.0. The molecule has 0 aliphatic rings. The highest BCUT2D eigenvalue weighted by molar-refractivity contribution is 6.34. The number of benzene rings is 2. The Balaban J connectivity index is 1.95. The van der Waals surface area contributed by atoms with Crippen LogP contribution in [-0.2, 0) is 0 Å². The standard InChI is InChI=1S/C17H13Cl2N3O/c1-11-9-16(20-17(23)14-7-2-3-8-15(14)19)22(21-11)13-6-4-5-12(18)10-13/h2-10H,1H3,(H,20,23). The molecule has 0 aliphatic carbocycles. The van der Waals surface area contributed by atoms with Gasteiger partial charge in [0.1, 0.15) is 5.82 Å². The molecule has 116 valence electrons. The molecule has 23 heavy (non-hydrogen) atoms. The van der Waals surface area contributed by atoms with Crippen molar-refractivity contribution in [1.29, 1.82) is 0 Å². The van der Waals surface area contributed by atoms with Crippen molar-refractivity contribution < 1.29 is 4.79 Å². The summed E-state index contributed by atoms with van der Waals surface area (Å²) in [5.74, 6) is 0.258. The Morgan fingerprint density at radius 3 is 2.61 bits per heavy atom. The molecular weight excluding hydrogens is 333 g/mol. The number of rotatable bonds is 3. The number of aryl methyl sites for hydroxylation is 1. The van der Waals surface area contributed by atoms with Gasteiger partial charge in [-0.1, -0.05) is 41.4 Å². The fraction of sp³-hybridized carbons (Fsp3) is 0.0588. The smallest absolute Gasteiger partial charge is 0.258 e. The number of carbonyl (C=O) groups excluding carboxylic acids is 1. The van der Waals surface area contributed by atoms with Crippen molar-refractivity contribution in [3.05, 3.63) is 75.9 Å². The minimum Gasteiger partial charge on any atom is -0.306 e. The Kier molecular flexibility index (Phi) is 4.37. The van der Waals surface area contributed by atoms with E-state index in [1.807, 2.05) is 19.1 Å². The van der Waals surface area contributed by atoms with Gasteiger partial charge in [-0.3, -0.25) is 4.79 Å². The number of carbonyl (C=O) groups is 1. The van der Waals surface area contributed by atoms with Gasteiger partial charge >= 0.3 is 0 Å². The van der Waals surface area contributed by atoms with Crippen molar-refractivity contribution in [2.45, 2.75) is 6.92 Å². The summed E-state index contributed by atoms with van der Waals surface area (Å²) in [5, 5.41) is 8.24. The second-order valence-electron chi connectivity index (χ2n) is 5.00. The average molecular weight is 346 g/mol. The maximum atomic E-state index is 12.4. The SMILES string of the molecule is Cc1cc(NC(=O)c2ccccc2Cl)n(-c2cccc(Cl)c2)n1. The summed E-state index contributed by atoms with van der Waals surface area (Å²) in [5.41, 5.74) is 1.95. The molecule has 3 rings (SSSR count). The summed E-state index contributed by atoms with van der Waals surface area (Å²) in [4.78, 5) is 12.4. The first-order valence-electron chi connectivity index (χ1n) is 6.93. The van der Waals surface area contributed by atoms with Gasteiger partial charge in [-0.05, 0) is 37.3 Å². The van der Waals surface area contributed by atoms with Crippen LogP contribution in [0.5, 0.6) is 0 Å². The van der Waals surface area contributed by atoms with Crippen LogP contribution in [0.1, 0.15) is 16.1 Å². The molecule has 0 radical (unpaired) electrons. The molecule has 0 unspecified atom stereocenters. The number of amides is 1. The van der Waals surface area contributed by atoms with E-state index in [-0.39, 0.29) is 5.91 Å². The van der Waals surface area contributed by atoms with E-state index in [2.05, 4.69) is 10.4 Å². The van der Waals surface area contributed by atoms with E-state index in [1.54, 1.807) is 47.1 Å². The van der Waals surface area contributed by atoms with Crippen molar-refractivity contribution >= 4 is 34.9 Å². The van der Waals surface area contributed by atoms with E-state index in [0.717, 1.165) is 11.4 Å². The third kappa shape index (κ3) is 3.38. The molecule has 1 N–H and O–H groups in total. The predicted octanol–water partition coefficient (Wildman–Crippen LogP) is 4.74. The zero-order valence-electron chi connectivity index (χ0n) is 12.3. The third-order valence-electron chi connectivity index (χ3n) is 3.24. The molecular formula is C17H13Cl2N3O. The van der Waals surface area contributed by atoms with Crippen molar-refractivity contribution in [3.8, 4) is 5.69 Å². The van der Waals surface area contributed by atoms with Gasteiger partial charge in [0.2, 0.25) is 0 Å². The van der Waals surface area contributed by atoms with Gasteiger partial charge < -0.3 is 5.32 Å². The Hall–Kier alpha value is -2.30. The van der Waals surface area contributed by atoms with Gasteiger partial charge in [0.05, 0.1) is 22.0 Å². The first-order valence-corrected chi connectivity index (χ1v) is 7.68. The van der Waals surface area contributed by atoms with E-state index in [9.17, 15) is 4.79 Å². The van der Waals surface area contributed by atoms with Crippen LogP contribution in [0.25, 0.3) is 5.69 Å². The lowest BCUT2D eigenvalue weighted by molar-refractivity contribution is 0.102. The molecule has 1 aromatic heterocycles. The third-order valence-corrected chi connectivity index (χ3v) is 3.81. The number of nitrogens with zero attached hydrogens (tertiary/aromatic N) is 2. The highest BCUT2D eigenvalue weighted by Gasteiger charge is 2.14. The lowest BCUT2D eigenvalue weighted by Crippen LogP contribution is -2.15. The summed E-state index contributed by atoms with van der Waals surface area (Å²) in [6, 6.07) is 15.9. The van der Waals surface area contributed by atoms with Gasteiger partial charge in [-0.2, -0.15) is 5.10 Å². The van der Waals surface area contributed by atoms with E-state index in [1.165, 1.54) is 0 Å². The molecule has 1 amide bonds. The van der Waals surface area contributed by atoms with Crippen LogP contribution < -0.4 is 5.32 Å². The number of anilines is 1. The second-order valence-corrected chi connectivity index (χ2v) is 5.84. The lowest BCUT2D eigenvalue weighted by atomic mass is 10.2. The molecule has 0 bridgehead atoms. The van der Waals surface area contributed by atoms with Gasteiger partial charge in [-0.25, -0.2) is 4.68 Å². The molecule has 0 spiro atoms. The Morgan fingerprint density at radius 1 is 1.09 bits per heavy atom. The fourth-order valence-electron chi connectivity index (χ4n) is 2.22. The summed E-state index contributed by atoms with van der Waals surface area (Å²) < 4.78 is 1.63. The van der Waals surface area contributed by atoms with Crippen molar-refractivity contribution in [2.75, 3.05) is 5.32 Å². The van der Waals surface area contributed by atoms with Crippen molar-refractivity contribution in [3.63, 3.8) is 0 Å². The molecule has 3 aromatic rings. The highest BCUT2D eigenvalue weighted by Crippen LogP contribution is 2.22. The molecule has 6 heteroatoms. The van der Waals surface area contributed by atoms with Crippen LogP contribution in [0, 0.1) is 6.92 Å². The average Bonchev–Trinajstić information content (AvgIpc) is 2.88. The molecule has 2 aromatic carbocycles. The number of aromatic nitrogens is 2. The van der Waals surface area contributed by atoms with E-state index >= 15 is 0 Å². The van der Waals surface area contributed by atoms with Gasteiger partial charge in [0.25, 0.3) is 5.91 Å². The molecule has 0 fully saturated rings. The van der Waals surface area contributed by atoms with Crippen LogP contribution in [0.4, 0.5) is 5.82 Å². The quantitative estimate of drug-likeness (QED) is 0.745. The number of hydrogen-bond acceptors (Lipinski definition) is 2.